The van der Waals surface area contributed by atoms with Gasteiger partial charge in [0, 0.05) is 5.54 Å². The predicted octanol–water partition coefficient (Wildman–Crippen LogP) is 3.37. The summed E-state index contributed by atoms with van der Waals surface area (Å²) in [6.07, 6.45) is 9.38. The van der Waals surface area contributed by atoms with Crippen molar-refractivity contribution in [3.8, 4) is 0 Å². The Morgan fingerprint density at radius 1 is 1.19 bits per heavy atom. The van der Waals surface area contributed by atoms with Gasteiger partial charge in [-0.3, -0.25) is 0 Å². The molecule has 1 N–H and O–H groups in total. The summed E-state index contributed by atoms with van der Waals surface area (Å²) < 4.78 is 0. The normalized spacial score (nSPS) is 14.3. The molecule has 132 valence electrons. The Morgan fingerprint density at radius 3 is 2.54 bits per heavy atom. The van der Waals surface area contributed by atoms with Crippen molar-refractivity contribution in [1.29, 1.82) is 0 Å². The number of nitrogens with one attached hydrogen (secondary N) is 1. The maximum atomic E-state index is 3.94. The number of hydrogen-bond acceptors (Lipinski definition) is 1. The zero-order chi connectivity index (χ0) is 18.4. The van der Waals surface area contributed by atoms with E-state index in [1.165, 1.54) is 35.2 Å². The number of hydrogen-bond donors (Lipinski definition) is 1. The van der Waals surface area contributed by atoms with Gasteiger partial charge in [-0.05, 0) is 50.4 Å². The fourth-order valence-corrected chi connectivity index (χ4v) is 2.98. The molecular weight excluding hydrogens is 341 g/mol. The second kappa shape index (κ2) is 10.5. The monoisotopic (exact) mass is 370 g/mol. The zero-order valence-electron chi connectivity index (χ0n) is 16.9. The van der Waals surface area contributed by atoms with E-state index in [9.17, 15) is 0 Å². The molecular formula is C24H29KN-. The molecule has 2 aromatic rings. The molecule has 0 spiro atoms. The van der Waals surface area contributed by atoms with E-state index in [2.05, 4.69) is 82.1 Å². The van der Waals surface area contributed by atoms with Crippen LogP contribution >= 0.6 is 0 Å². The molecule has 0 atom stereocenters. The second-order valence-electron chi connectivity index (χ2n) is 7.25. The summed E-state index contributed by atoms with van der Waals surface area (Å²) in [4.78, 5) is 0. The van der Waals surface area contributed by atoms with Gasteiger partial charge in [-0.1, -0.05) is 24.6 Å². The van der Waals surface area contributed by atoms with Crippen LogP contribution in [0.4, 0.5) is 5.69 Å². The van der Waals surface area contributed by atoms with Crippen LogP contribution in [0, 0.1) is 19.9 Å². The molecule has 0 radical (unpaired) electrons. The molecule has 1 aliphatic rings. The van der Waals surface area contributed by atoms with E-state index in [0.29, 0.717) is 0 Å². The Hall–Kier alpha value is -0.774. The van der Waals surface area contributed by atoms with Crippen LogP contribution in [0.1, 0.15) is 55.0 Å². The summed E-state index contributed by atoms with van der Waals surface area (Å²) in [6.45, 7) is 16.1. The van der Waals surface area contributed by atoms with Gasteiger partial charge < -0.3 is 5.32 Å². The molecule has 0 saturated carbocycles. The number of anilines is 1. The van der Waals surface area contributed by atoms with Crippen LogP contribution in [-0.4, -0.2) is 5.54 Å². The van der Waals surface area contributed by atoms with Gasteiger partial charge in [0.2, 0.25) is 0 Å². The van der Waals surface area contributed by atoms with Crippen LogP contribution in [0.3, 0.4) is 0 Å². The molecule has 0 bridgehead atoms. The Bertz CT molecular complexity index is 772. The molecule has 2 aromatic carbocycles. The van der Waals surface area contributed by atoms with Crippen LogP contribution in [0.15, 0.2) is 49.1 Å². The third-order valence-electron chi connectivity index (χ3n) is 4.49. The van der Waals surface area contributed by atoms with Crippen molar-refractivity contribution in [3.05, 3.63) is 89.9 Å². The molecule has 0 unspecified atom stereocenters. The van der Waals surface area contributed by atoms with Crippen molar-refractivity contribution in [2.24, 2.45) is 0 Å². The van der Waals surface area contributed by atoms with E-state index in [1.807, 2.05) is 19.1 Å². The first kappa shape index (κ1) is 23.3. The van der Waals surface area contributed by atoms with E-state index in [0.717, 1.165) is 11.1 Å². The van der Waals surface area contributed by atoms with Gasteiger partial charge in [0.25, 0.3) is 0 Å². The molecule has 0 fully saturated rings. The van der Waals surface area contributed by atoms with Crippen molar-refractivity contribution in [3.63, 3.8) is 0 Å². The summed E-state index contributed by atoms with van der Waals surface area (Å²) in [5.41, 5.74) is 7.60. The fraction of sp³-hybridized carbons (Fsp3) is 0.292. The number of fused-ring (bicyclic) bond motifs is 1. The maximum Gasteiger partial charge on any atom is 1.00 e. The molecule has 0 saturated heterocycles. The van der Waals surface area contributed by atoms with Gasteiger partial charge in [-0.25, -0.2) is 0 Å². The number of allylic oxidation sites excluding steroid dienone is 1. The Morgan fingerprint density at radius 2 is 1.92 bits per heavy atom. The number of benzene rings is 2. The molecule has 1 aliphatic heterocycles. The van der Waals surface area contributed by atoms with Gasteiger partial charge in [0.05, 0.1) is 0 Å². The van der Waals surface area contributed by atoms with Crippen molar-refractivity contribution < 1.29 is 51.4 Å². The van der Waals surface area contributed by atoms with Crippen molar-refractivity contribution in [1.82, 2.24) is 0 Å². The molecule has 3 rings (SSSR count). The largest absolute Gasteiger partial charge is 1.00 e. The van der Waals surface area contributed by atoms with Gasteiger partial charge in [-0.15, -0.1) is 18.2 Å². The summed E-state index contributed by atoms with van der Waals surface area (Å²) in [7, 11) is 0. The molecule has 26 heavy (non-hydrogen) atoms. The number of rotatable bonds is 2. The van der Waals surface area contributed by atoms with Crippen molar-refractivity contribution >= 4 is 11.8 Å². The average Bonchev–Trinajstić information content (AvgIpc) is 2.56. The minimum Gasteiger partial charge on any atom is -0.390 e. The van der Waals surface area contributed by atoms with Crippen LogP contribution in [-0.2, 0) is 6.42 Å². The summed E-state index contributed by atoms with van der Waals surface area (Å²) in [6, 6.07) is 12.6. The summed E-state index contributed by atoms with van der Waals surface area (Å²) >= 11 is 0. The molecule has 1 heterocycles. The fourth-order valence-electron chi connectivity index (χ4n) is 2.98. The minimum absolute atomic E-state index is 0. The van der Waals surface area contributed by atoms with E-state index in [4.69, 9.17) is 0 Å². The molecule has 0 aromatic heterocycles. The average molecular weight is 371 g/mol. The van der Waals surface area contributed by atoms with E-state index in [1.54, 1.807) is 0 Å². The van der Waals surface area contributed by atoms with Gasteiger partial charge in [0.1, 0.15) is 0 Å². The first-order valence-corrected chi connectivity index (χ1v) is 8.84. The smallest absolute Gasteiger partial charge is 0.390 e. The Kier molecular flexibility index (Phi) is 9.42. The summed E-state index contributed by atoms with van der Waals surface area (Å²) in [5.74, 6) is 0. The Balaban J connectivity index is 0.000000251. The van der Waals surface area contributed by atoms with Crippen molar-refractivity contribution in [2.45, 2.75) is 46.1 Å². The van der Waals surface area contributed by atoms with Crippen molar-refractivity contribution in [2.75, 3.05) is 5.32 Å². The quantitative estimate of drug-likeness (QED) is 0.631. The van der Waals surface area contributed by atoms with E-state index < -0.39 is 0 Å². The van der Waals surface area contributed by atoms with Crippen LogP contribution in [0.5, 0.6) is 0 Å². The standard InChI is InChI=1S/C12H16N.C12H13.K/c1-9-4-5-10-6-7-12(2,3)13-11(10)8-9;1-4-6-12-8-7-11(5-2)9-10(12)3;/h4-5,8,13H,1,6-7H2,2-3H3;4,6-9H,2H2,1,3H3;/q2*-1;+1/b;6-4-;. The van der Waals surface area contributed by atoms with Gasteiger partial charge in [-0.2, -0.15) is 48.9 Å². The SMILES string of the molecule is C=[C-]c1ccc(/C=C\C)c(C)c1.[CH2-]c1ccc2c(c1)NC(C)(C)CC2.[K+]. The molecule has 0 amide bonds. The minimum atomic E-state index is 0. The molecule has 2 heteroatoms. The maximum absolute atomic E-state index is 3.94. The first-order valence-electron chi connectivity index (χ1n) is 8.84. The molecule has 0 aliphatic carbocycles. The zero-order valence-corrected chi connectivity index (χ0v) is 20.1. The summed E-state index contributed by atoms with van der Waals surface area (Å²) in [5, 5.41) is 3.54. The van der Waals surface area contributed by atoms with Gasteiger partial charge >= 0.3 is 51.4 Å². The van der Waals surface area contributed by atoms with Crippen LogP contribution in [0.25, 0.3) is 6.08 Å². The second-order valence-corrected chi connectivity index (χ2v) is 7.25. The van der Waals surface area contributed by atoms with E-state index >= 15 is 0 Å². The molecule has 1 nitrogen and oxygen atoms in total. The first-order chi connectivity index (χ1) is 11.8. The van der Waals surface area contributed by atoms with Gasteiger partial charge in [0.15, 0.2) is 0 Å². The third-order valence-corrected chi connectivity index (χ3v) is 4.49. The number of aryl methyl sites for hydroxylation is 2. The van der Waals surface area contributed by atoms with E-state index in [-0.39, 0.29) is 56.9 Å². The topological polar surface area (TPSA) is 12.0 Å². The van der Waals surface area contributed by atoms with Crippen LogP contribution < -0.4 is 56.7 Å². The predicted molar refractivity (Wildman–Crippen MR) is 111 cm³/mol. The van der Waals surface area contributed by atoms with Crippen LogP contribution in [0.2, 0.25) is 0 Å². The Labute approximate surface area is 202 Å². The third kappa shape index (κ3) is 6.75.